The SMILES string of the molecule is Cc1cc(C)c(C(N)CC(C)C)c(C)c1. The highest BCUT2D eigenvalue weighted by Crippen LogP contribution is 2.26. The van der Waals surface area contributed by atoms with Crippen molar-refractivity contribution in [3.63, 3.8) is 0 Å². The second kappa shape index (κ2) is 4.80. The Morgan fingerprint density at radius 2 is 1.53 bits per heavy atom. The van der Waals surface area contributed by atoms with Crippen LogP contribution in [0.3, 0.4) is 0 Å². The topological polar surface area (TPSA) is 26.0 Å². The normalized spacial score (nSPS) is 13.3. The van der Waals surface area contributed by atoms with E-state index in [1.54, 1.807) is 0 Å². The molecule has 0 aliphatic heterocycles. The Morgan fingerprint density at radius 3 is 1.93 bits per heavy atom. The molecule has 1 unspecified atom stereocenters. The molecule has 0 heterocycles. The van der Waals surface area contributed by atoms with Crippen molar-refractivity contribution in [3.8, 4) is 0 Å². The third kappa shape index (κ3) is 3.07. The second-order valence-electron chi connectivity index (χ2n) is 5.05. The molecule has 1 rings (SSSR count). The van der Waals surface area contributed by atoms with E-state index in [1.165, 1.54) is 22.3 Å². The van der Waals surface area contributed by atoms with Crippen LogP contribution in [0.15, 0.2) is 12.1 Å². The van der Waals surface area contributed by atoms with Crippen molar-refractivity contribution in [2.24, 2.45) is 11.7 Å². The highest BCUT2D eigenvalue weighted by Gasteiger charge is 2.13. The van der Waals surface area contributed by atoms with Gasteiger partial charge in [-0.1, -0.05) is 31.5 Å². The molecule has 0 saturated carbocycles. The maximum Gasteiger partial charge on any atom is 0.0302 e. The van der Waals surface area contributed by atoms with Gasteiger partial charge in [0.05, 0.1) is 0 Å². The number of nitrogens with two attached hydrogens (primary N) is 1. The Balaban J connectivity index is 3.03. The molecule has 0 amide bonds. The number of hydrogen-bond acceptors (Lipinski definition) is 1. The molecule has 1 heteroatoms. The molecule has 0 radical (unpaired) electrons. The monoisotopic (exact) mass is 205 g/mol. The summed E-state index contributed by atoms with van der Waals surface area (Å²) in [5, 5.41) is 0. The van der Waals surface area contributed by atoms with Crippen molar-refractivity contribution >= 4 is 0 Å². The average Bonchev–Trinajstić information content (AvgIpc) is 1.99. The Bertz CT molecular complexity index is 316. The van der Waals surface area contributed by atoms with Gasteiger partial charge in [0, 0.05) is 6.04 Å². The van der Waals surface area contributed by atoms with E-state index in [-0.39, 0.29) is 6.04 Å². The van der Waals surface area contributed by atoms with Crippen molar-refractivity contribution in [1.82, 2.24) is 0 Å². The summed E-state index contributed by atoms with van der Waals surface area (Å²) >= 11 is 0. The van der Waals surface area contributed by atoms with E-state index in [2.05, 4.69) is 46.8 Å². The Labute approximate surface area is 93.7 Å². The fourth-order valence-electron chi connectivity index (χ4n) is 2.40. The largest absolute Gasteiger partial charge is 0.324 e. The quantitative estimate of drug-likeness (QED) is 0.800. The van der Waals surface area contributed by atoms with Crippen LogP contribution in [0.1, 0.15) is 48.6 Å². The molecule has 2 N–H and O–H groups in total. The van der Waals surface area contributed by atoms with Gasteiger partial charge in [0.25, 0.3) is 0 Å². The summed E-state index contributed by atoms with van der Waals surface area (Å²) in [6.07, 6.45) is 1.06. The van der Waals surface area contributed by atoms with Crippen molar-refractivity contribution < 1.29 is 0 Å². The highest BCUT2D eigenvalue weighted by molar-refractivity contribution is 5.39. The minimum absolute atomic E-state index is 0.186. The van der Waals surface area contributed by atoms with Crippen molar-refractivity contribution in [3.05, 3.63) is 34.4 Å². The first-order valence-electron chi connectivity index (χ1n) is 5.75. The predicted octanol–water partition coefficient (Wildman–Crippen LogP) is 3.66. The zero-order valence-corrected chi connectivity index (χ0v) is 10.6. The summed E-state index contributed by atoms with van der Waals surface area (Å²) in [4.78, 5) is 0. The van der Waals surface area contributed by atoms with Crippen LogP contribution in [0.2, 0.25) is 0 Å². The van der Waals surface area contributed by atoms with Gasteiger partial charge in [-0.05, 0) is 49.8 Å². The molecule has 0 fully saturated rings. The van der Waals surface area contributed by atoms with E-state index in [4.69, 9.17) is 5.73 Å². The number of aryl methyl sites for hydroxylation is 3. The highest BCUT2D eigenvalue weighted by atomic mass is 14.6. The van der Waals surface area contributed by atoms with Gasteiger partial charge in [0.2, 0.25) is 0 Å². The molecule has 0 saturated heterocycles. The summed E-state index contributed by atoms with van der Waals surface area (Å²) in [7, 11) is 0. The number of hydrogen-bond donors (Lipinski definition) is 1. The molecule has 15 heavy (non-hydrogen) atoms. The van der Waals surface area contributed by atoms with Gasteiger partial charge in [-0.2, -0.15) is 0 Å². The summed E-state index contributed by atoms with van der Waals surface area (Å²) in [5.41, 5.74) is 11.6. The van der Waals surface area contributed by atoms with Gasteiger partial charge in [0.15, 0.2) is 0 Å². The molecule has 0 bridgehead atoms. The molecular weight excluding hydrogens is 182 g/mol. The molecular formula is C14H23N. The van der Waals surface area contributed by atoms with Gasteiger partial charge in [-0.3, -0.25) is 0 Å². The smallest absolute Gasteiger partial charge is 0.0302 e. The molecule has 0 aromatic heterocycles. The van der Waals surface area contributed by atoms with Crippen LogP contribution in [0.4, 0.5) is 0 Å². The molecule has 1 nitrogen and oxygen atoms in total. The lowest BCUT2D eigenvalue weighted by Gasteiger charge is -2.20. The van der Waals surface area contributed by atoms with Gasteiger partial charge in [-0.15, -0.1) is 0 Å². The fraction of sp³-hybridized carbons (Fsp3) is 0.571. The van der Waals surface area contributed by atoms with Crippen LogP contribution in [-0.4, -0.2) is 0 Å². The Kier molecular flexibility index (Phi) is 3.92. The van der Waals surface area contributed by atoms with Crippen LogP contribution in [-0.2, 0) is 0 Å². The standard InChI is InChI=1S/C14H23N/c1-9(2)6-13(15)14-11(4)7-10(3)8-12(14)5/h7-9,13H,6,15H2,1-5H3. The Morgan fingerprint density at radius 1 is 1.07 bits per heavy atom. The van der Waals surface area contributed by atoms with Gasteiger partial charge in [-0.25, -0.2) is 0 Å². The molecule has 1 aromatic carbocycles. The van der Waals surface area contributed by atoms with Crippen LogP contribution in [0.5, 0.6) is 0 Å². The lowest BCUT2D eigenvalue weighted by atomic mass is 9.90. The van der Waals surface area contributed by atoms with E-state index < -0.39 is 0 Å². The van der Waals surface area contributed by atoms with Crippen LogP contribution < -0.4 is 5.73 Å². The number of benzene rings is 1. The minimum Gasteiger partial charge on any atom is -0.324 e. The first-order valence-corrected chi connectivity index (χ1v) is 5.75. The summed E-state index contributed by atoms with van der Waals surface area (Å²) < 4.78 is 0. The minimum atomic E-state index is 0.186. The third-order valence-corrected chi connectivity index (χ3v) is 2.83. The van der Waals surface area contributed by atoms with Crippen LogP contribution in [0, 0.1) is 26.7 Å². The van der Waals surface area contributed by atoms with E-state index in [0.29, 0.717) is 5.92 Å². The average molecular weight is 205 g/mol. The fourth-order valence-corrected chi connectivity index (χ4v) is 2.40. The maximum atomic E-state index is 6.25. The summed E-state index contributed by atoms with van der Waals surface area (Å²) in [5.74, 6) is 0.653. The van der Waals surface area contributed by atoms with Gasteiger partial charge in [0.1, 0.15) is 0 Å². The second-order valence-corrected chi connectivity index (χ2v) is 5.05. The lowest BCUT2D eigenvalue weighted by Crippen LogP contribution is -2.15. The van der Waals surface area contributed by atoms with E-state index >= 15 is 0 Å². The Hall–Kier alpha value is -0.820. The van der Waals surface area contributed by atoms with E-state index in [1.807, 2.05) is 0 Å². The van der Waals surface area contributed by atoms with Crippen molar-refractivity contribution in [1.29, 1.82) is 0 Å². The molecule has 84 valence electrons. The lowest BCUT2D eigenvalue weighted by molar-refractivity contribution is 0.507. The molecule has 1 atom stereocenters. The maximum absolute atomic E-state index is 6.25. The predicted molar refractivity (Wildman–Crippen MR) is 67.0 cm³/mol. The molecule has 0 spiro atoms. The van der Waals surface area contributed by atoms with Crippen LogP contribution in [0.25, 0.3) is 0 Å². The van der Waals surface area contributed by atoms with Crippen LogP contribution >= 0.6 is 0 Å². The van der Waals surface area contributed by atoms with Crippen molar-refractivity contribution in [2.45, 2.75) is 47.1 Å². The first kappa shape index (κ1) is 12.3. The van der Waals surface area contributed by atoms with E-state index in [0.717, 1.165) is 6.42 Å². The zero-order chi connectivity index (χ0) is 11.6. The van der Waals surface area contributed by atoms with Crippen molar-refractivity contribution in [2.75, 3.05) is 0 Å². The first-order chi connectivity index (χ1) is 6.91. The molecule has 1 aromatic rings. The third-order valence-electron chi connectivity index (χ3n) is 2.83. The van der Waals surface area contributed by atoms with Gasteiger partial charge >= 0.3 is 0 Å². The number of rotatable bonds is 3. The molecule has 0 aliphatic carbocycles. The molecule has 0 aliphatic rings. The zero-order valence-electron chi connectivity index (χ0n) is 10.6. The summed E-state index contributed by atoms with van der Waals surface area (Å²) in [6, 6.07) is 4.64. The summed E-state index contributed by atoms with van der Waals surface area (Å²) in [6.45, 7) is 10.9. The van der Waals surface area contributed by atoms with E-state index in [9.17, 15) is 0 Å². The van der Waals surface area contributed by atoms with Gasteiger partial charge < -0.3 is 5.73 Å².